The number of hydrogen-bond donors (Lipinski definition) is 1. The topological polar surface area (TPSA) is 33.1 Å². The molecule has 2 heteroatoms. The summed E-state index contributed by atoms with van der Waals surface area (Å²) in [7, 11) is 0. The van der Waals surface area contributed by atoms with Crippen LogP contribution in [0.25, 0.3) is 0 Å². The van der Waals surface area contributed by atoms with Crippen LogP contribution in [0.2, 0.25) is 0 Å². The highest BCUT2D eigenvalue weighted by Crippen LogP contribution is 2.19. The van der Waals surface area contributed by atoms with Crippen LogP contribution in [0.15, 0.2) is 42.6 Å². The SMILES string of the molecule is Cc1ccc(C(O)Cc2ccc(C(C)C)cc2)nc1. The molecular weight excluding hydrogens is 234 g/mol. The Balaban J connectivity index is 2.06. The first kappa shape index (κ1) is 13.8. The number of nitrogens with zero attached hydrogens (tertiary/aromatic N) is 1. The Bertz CT molecular complexity index is 514. The van der Waals surface area contributed by atoms with Crippen LogP contribution in [0.4, 0.5) is 0 Å². The van der Waals surface area contributed by atoms with Crippen molar-refractivity contribution in [2.75, 3.05) is 0 Å². The van der Waals surface area contributed by atoms with Gasteiger partial charge in [0.2, 0.25) is 0 Å². The van der Waals surface area contributed by atoms with E-state index in [2.05, 4.69) is 43.1 Å². The molecule has 0 bridgehead atoms. The summed E-state index contributed by atoms with van der Waals surface area (Å²) in [6, 6.07) is 12.3. The molecule has 0 radical (unpaired) electrons. The predicted octanol–water partition coefficient (Wildman–Crippen LogP) is 3.79. The molecule has 0 fully saturated rings. The third-order valence-electron chi connectivity index (χ3n) is 3.35. The second kappa shape index (κ2) is 5.98. The summed E-state index contributed by atoms with van der Waals surface area (Å²) in [5.74, 6) is 0.540. The van der Waals surface area contributed by atoms with E-state index in [4.69, 9.17) is 0 Å². The fraction of sp³-hybridized carbons (Fsp3) is 0.353. The molecule has 1 aromatic heterocycles. The van der Waals surface area contributed by atoms with Crippen LogP contribution < -0.4 is 0 Å². The molecule has 0 aliphatic rings. The summed E-state index contributed by atoms with van der Waals surface area (Å²) < 4.78 is 0. The number of rotatable bonds is 4. The average Bonchev–Trinajstić information content (AvgIpc) is 2.40. The smallest absolute Gasteiger partial charge is 0.0999 e. The van der Waals surface area contributed by atoms with Gasteiger partial charge in [-0.3, -0.25) is 4.98 Å². The minimum absolute atomic E-state index is 0.537. The lowest BCUT2D eigenvalue weighted by atomic mass is 9.99. The second-order valence-corrected chi connectivity index (χ2v) is 5.38. The average molecular weight is 255 g/mol. The lowest BCUT2D eigenvalue weighted by molar-refractivity contribution is 0.173. The van der Waals surface area contributed by atoms with E-state index >= 15 is 0 Å². The van der Waals surface area contributed by atoms with Crippen molar-refractivity contribution >= 4 is 0 Å². The molecule has 0 amide bonds. The zero-order valence-electron chi connectivity index (χ0n) is 11.8. The molecule has 2 rings (SSSR count). The molecule has 0 aliphatic heterocycles. The highest BCUT2D eigenvalue weighted by Gasteiger charge is 2.10. The Morgan fingerprint density at radius 2 is 1.74 bits per heavy atom. The van der Waals surface area contributed by atoms with Gasteiger partial charge in [0.1, 0.15) is 0 Å². The van der Waals surface area contributed by atoms with Gasteiger partial charge in [-0.2, -0.15) is 0 Å². The van der Waals surface area contributed by atoms with Gasteiger partial charge in [-0.15, -0.1) is 0 Å². The number of benzene rings is 1. The number of aliphatic hydroxyl groups is 1. The van der Waals surface area contributed by atoms with E-state index in [-0.39, 0.29) is 0 Å². The molecule has 1 aromatic carbocycles. The van der Waals surface area contributed by atoms with Gasteiger partial charge in [-0.1, -0.05) is 44.2 Å². The lowest BCUT2D eigenvalue weighted by Crippen LogP contribution is -2.04. The fourth-order valence-electron chi connectivity index (χ4n) is 2.04. The van der Waals surface area contributed by atoms with Gasteiger partial charge in [-0.05, 0) is 35.6 Å². The Morgan fingerprint density at radius 3 is 2.26 bits per heavy atom. The van der Waals surface area contributed by atoms with Gasteiger partial charge >= 0.3 is 0 Å². The zero-order valence-corrected chi connectivity index (χ0v) is 11.8. The summed E-state index contributed by atoms with van der Waals surface area (Å²) in [5.41, 5.74) is 4.31. The van der Waals surface area contributed by atoms with E-state index in [0.29, 0.717) is 12.3 Å². The van der Waals surface area contributed by atoms with Crippen molar-refractivity contribution in [1.29, 1.82) is 0 Å². The van der Waals surface area contributed by atoms with Gasteiger partial charge in [0.05, 0.1) is 11.8 Å². The van der Waals surface area contributed by atoms with Gasteiger partial charge < -0.3 is 5.11 Å². The quantitative estimate of drug-likeness (QED) is 0.901. The molecule has 0 saturated carbocycles. The molecule has 2 nitrogen and oxygen atoms in total. The standard InChI is InChI=1S/C17H21NO/c1-12(2)15-7-5-14(6-8-15)10-17(19)16-9-4-13(3)11-18-16/h4-9,11-12,17,19H,10H2,1-3H3. The van der Waals surface area contributed by atoms with Crippen molar-refractivity contribution in [1.82, 2.24) is 4.98 Å². The van der Waals surface area contributed by atoms with Crippen molar-refractivity contribution in [3.05, 3.63) is 65.0 Å². The number of aromatic nitrogens is 1. The summed E-state index contributed by atoms with van der Waals surface area (Å²) in [5, 5.41) is 10.2. The first-order valence-electron chi connectivity index (χ1n) is 6.75. The molecule has 0 spiro atoms. The van der Waals surface area contributed by atoms with Gasteiger partial charge in [0.15, 0.2) is 0 Å². The number of aliphatic hydroxyl groups excluding tert-OH is 1. The molecule has 19 heavy (non-hydrogen) atoms. The van der Waals surface area contributed by atoms with Gasteiger partial charge in [0, 0.05) is 12.6 Å². The van der Waals surface area contributed by atoms with Crippen molar-refractivity contribution in [2.24, 2.45) is 0 Å². The molecular formula is C17H21NO. The molecule has 2 aromatic rings. The molecule has 0 aliphatic carbocycles. The van der Waals surface area contributed by atoms with Crippen LogP contribution in [0.5, 0.6) is 0 Å². The van der Waals surface area contributed by atoms with Crippen molar-refractivity contribution in [3.8, 4) is 0 Å². The first-order valence-corrected chi connectivity index (χ1v) is 6.75. The van der Waals surface area contributed by atoms with Gasteiger partial charge in [-0.25, -0.2) is 0 Å². The maximum Gasteiger partial charge on any atom is 0.0999 e. The Morgan fingerprint density at radius 1 is 1.05 bits per heavy atom. The maximum absolute atomic E-state index is 10.2. The monoisotopic (exact) mass is 255 g/mol. The summed E-state index contributed by atoms with van der Waals surface area (Å²) >= 11 is 0. The molecule has 1 heterocycles. The van der Waals surface area contributed by atoms with E-state index in [1.165, 1.54) is 5.56 Å². The van der Waals surface area contributed by atoms with E-state index < -0.39 is 6.10 Å². The third-order valence-corrected chi connectivity index (χ3v) is 3.35. The molecule has 1 atom stereocenters. The van der Waals surface area contributed by atoms with E-state index in [1.807, 2.05) is 19.1 Å². The van der Waals surface area contributed by atoms with E-state index in [1.54, 1.807) is 6.20 Å². The second-order valence-electron chi connectivity index (χ2n) is 5.38. The van der Waals surface area contributed by atoms with Crippen LogP contribution in [-0.4, -0.2) is 10.1 Å². The first-order chi connectivity index (χ1) is 9.06. The summed E-state index contributed by atoms with van der Waals surface area (Å²) in [4.78, 5) is 4.27. The Hall–Kier alpha value is -1.67. The number of hydrogen-bond acceptors (Lipinski definition) is 2. The maximum atomic E-state index is 10.2. The van der Waals surface area contributed by atoms with Crippen LogP contribution in [0.1, 0.15) is 48.3 Å². The van der Waals surface area contributed by atoms with Crippen molar-refractivity contribution in [2.45, 2.75) is 39.2 Å². The van der Waals surface area contributed by atoms with Crippen LogP contribution in [0.3, 0.4) is 0 Å². The minimum atomic E-state index is -0.537. The number of pyridine rings is 1. The van der Waals surface area contributed by atoms with Gasteiger partial charge in [0.25, 0.3) is 0 Å². The van der Waals surface area contributed by atoms with Crippen LogP contribution >= 0.6 is 0 Å². The van der Waals surface area contributed by atoms with Crippen LogP contribution in [0, 0.1) is 6.92 Å². The van der Waals surface area contributed by atoms with E-state index in [9.17, 15) is 5.11 Å². The molecule has 0 saturated heterocycles. The highest BCUT2D eigenvalue weighted by atomic mass is 16.3. The molecule has 1 unspecified atom stereocenters. The van der Waals surface area contributed by atoms with Crippen LogP contribution in [-0.2, 0) is 6.42 Å². The minimum Gasteiger partial charge on any atom is -0.386 e. The summed E-state index contributed by atoms with van der Waals surface area (Å²) in [6.07, 6.45) is 1.86. The summed E-state index contributed by atoms with van der Waals surface area (Å²) in [6.45, 7) is 6.36. The van der Waals surface area contributed by atoms with Crippen molar-refractivity contribution in [3.63, 3.8) is 0 Å². The third kappa shape index (κ3) is 3.65. The highest BCUT2D eigenvalue weighted by molar-refractivity contribution is 5.26. The predicted molar refractivity (Wildman–Crippen MR) is 78.2 cm³/mol. The number of aryl methyl sites for hydroxylation is 1. The molecule has 1 N–H and O–H groups in total. The van der Waals surface area contributed by atoms with E-state index in [0.717, 1.165) is 16.8 Å². The fourth-order valence-corrected chi connectivity index (χ4v) is 2.04. The zero-order chi connectivity index (χ0) is 13.8. The lowest BCUT2D eigenvalue weighted by Gasteiger charge is -2.11. The normalized spacial score (nSPS) is 12.7. The largest absolute Gasteiger partial charge is 0.386 e. The van der Waals surface area contributed by atoms with Crippen molar-refractivity contribution < 1.29 is 5.11 Å². The Kier molecular flexibility index (Phi) is 4.33. The molecule has 100 valence electrons. The Labute approximate surface area is 115 Å².